The normalized spacial score (nSPS) is 9.73. The molecule has 0 saturated heterocycles. The van der Waals surface area contributed by atoms with Crippen LogP contribution in [0.3, 0.4) is 0 Å². The highest BCUT2D eigenvalue weighted by atomic mass is 35.5. The number of hydrogen-bond acceptors (Lipinski definition) is 3. The third-order valence-electron chi connectivity index (χ3n) is 1.31. The lowest BCUT2D eigenvalue weighted by Crippen LogP contribution is -1.92. The van der Waals surface area contributed by atoms with Gasteiger partial charge < -0.3 is 9.84 Å². The van der Waals surface area contributed by atoms with E-state index in [1.807, 2.05) is 0 Å². The van der Waals surface area contributed by atoms with Crippen LogP contribution in [-0.2, 0) is 6.61 Å². The highest BCUT2D eigenvalue weighted by Crippen LogP contribution is 2.19. The second kappa shape index (κ2) is 3.55. The molecule has 3 nitrogen and oxygen atoms in total. The predicted octanol–water partition coefficient (Wildman–Crippen LogP) is 1.24. The first-order valence-corrected chi connectivity index (χ1v) is 3.45. The molecule has 0 saturated carbocycles. The van der Waals surface area contributed by atoms with Crippen molar-refractivity contribution in [1.82, 2.24) is 4.98 Å². The van der Waals surface area contributed by atoms with E-state index in [1.54, 1.807) is 6.07 Å². The Morgan fingerprint density at radius 1 is 1.73 bits per heavy atom. The van der Waals surface area contributed by atoms with Crippen LogP contribution in [0.1, 0.15) is 5.56 Å². The number of pyridine rings is 1. The van der Waals surface area contributed by atoms with Crippen LogP contribution in [0.5, 0.6) is 5.75 Å². The predicted molar refractivity (Wildman–Crippen MR) is 41.7 cm³/mol. The van der Waals surface area contributed by atoms with Crippen LogP contribution in [-0.4, -0.2) is 17.2 Å². The van der Waals surface area contributed by atoms with E-state index in [2.05, 4.69) is 4.98 Å². The maximum absolute atomic E-state index is 8.81. The lowest BCUT2D eigenvalue weighted by atomic mass is 10.3. The second-order valence-electron chi connectivity index (χ2n) is 1.98. The number of hydrogen-bond donors (Lipinski definition) is 1. The van der Waals surface area contributed by atoms with Gasteiger partial charge in [0.1, 0.15) is 10.9 Å². The smallest absolute Gasteiger partial charge is 0.142 e. The molecule has 0 aliphatic rings. The standard InChI is InChI=1S/C7H8ClNO2/c1-11-6-3-9-7(8)2-5(6)4-10/h2-3,10H,4H2,1H3. The van der Waals surface area contributed by atoms with Crippen molar-refractivity contribution in [3.63, 3.8) is 0 Å². The van der Waals surface area contributed by atoms with Crippen molar-refractivity contribution in [1.29, 1.82) is 0 Å². The highest BCUT2D eigenvalue weighted by Gasteiger charge is 2.01. The molecule has 11 heavy (non-hydrogen) atoms. The van der Waals surface area contributed by atoms with Crippen LogP contribution < -0.4 is 4.74 Å². The van der Waals surface area contributed by atoms with Crippen LogP contribution in [0.25, 0.3) is 0 Å². The minimum Gasteiger partial charge on any atom is -0.495 e. The van der Waals surface area contributed by atoms with Gasteiger partial charge in [0.05, 0.1) is 19.9 Å². The molecule has 1 aromatic rings. The quantitative estimate of drug-likeness (QED) is 0.685. The van der Waals surface area contributed by atoms with Gasteiger partial charge in [0.15, 0.2) is 0 Å². The summed E-state index contributed by atoms with van der Waals surface area (Å²) >= 11 is 5.57. The van der Waals surface area contributed by atoms with Crippen LogP contribution >= 0.6 is 11.6 Å². The Bertz CT molecular complexity index is 252. The van der Waals surface area contributed by atoms with Crippen molar-refractivity contribution in [2.75, 3.05) is 7.11 Å². The molecule has 0 aromatic carbocycles. The fourth-order valence-electron chi connectivity index (χ4n) is 0.763. The Kier molecular flexibility index (Phi) is 2.68. The SMILES string of the molecule is COc1cnc(Cl)cc1CO. The summed E-state index contributed by atoms with van der Waals surface area (Å²) in [5.41, 5.74) is 0.646. The van der Waals surface area contributed by atoms with Crippen LogP contribution in [0.4, 0.5) is 0 Å². The molecule has 0 aliphatic heterocycles. The van der Waals surface area contributed by atoms with Gasteiger partial charge in [-0.05, 0) is 6.07 Å². The van der Waals surface area contributed by atoms with Gasteiger partial charge in [-0.25, -0.2) is 4.98 Å². The number of ether oxygens (including phenoxy) is 1. The molecule has 0 fully saturated rings. The Labute approximate surface area is 69.6 Å². The summed E-state index contributed by atoms with van der Waals surface area (Å²) in [4.78, 5) is 3.79. The molecule has 0 aliphatic carbocycles. The summed E-state index contributed by atoms with van der Waals surface area (Å²) in [7, 11) is 1.52. The fourth-order valence-corrected chi connectivity index (χ4v) is 0.943. The van der Waals surface area contributed by atoms with Crippen molar-refractivity contribution in [2.45, 2.75) is 6.61 Å². The molecule has 1 rings (SSSR count). The van der Waals surface area contributed by atoms with Crippen molar-refractivity contribution in [3.8, 4) is 5.75 Å². The van der Waals surface area contributed by atoms with Gasteiger partial charge in [-0.1, -0.05) is 11.6 Å². The maximum atomic E-state index is 8.81. The van der Waals surface area contributed by atoms with Gasteiger partial charge in [-0.15, -0.1) is 0 Å². The fraction of sp³-hybridized carbons (Fsp3) is 0.286. The molecular weight excluding hydrogens is 166 g/mol. The molecule has 0 atom stereocenters. The minimum absolute atomic E-state index is 0.0919. The Morgan fingerprint density at radius 2 is 2.45 bits per heavy atom. The number of rotatable bonds is 2. The van der Waals surface area contributed by atoms with E-state index >= 15 is 0 Å². The summed E-state index contributed by atoms with van der Waals surface area (Å²) < 4.78 is 4.91. The van der Waals surface area contributed by atoms with Gasteiger partial charge in [0.25, 0.3) is 0 Å². The molecule has 60 valence electrons. The van der Waals surface area contributed by atoms with Gasteiger partial charge >= 0.3 is 0 Å². The maximum Gasteiger partial charge on any atom is 0.142 e. The summed E-state index contributed by atoms with van der Waals surface area (Å²) in [6.07, 6.45) is 1.48. The van der Waals surface area contributed by atoms with Crippen LogP contribution in [0.15, 0.2) is 12.3 Å². The molecule has 1 heterocycles. The number of halogens is 1. The molecule has 0 spiro atoms. The molecule has 1 N–H and O–H groups in total. The zero-order valence-electron chi connectivity index (χ0n) is 6.04. The molecule has 0 radical (unpaired) electrons. The van der Waals surface area contributed by atoms with Crippen LogP contribution in [0.2, 0.25) is 5.15 Å². The lowest BCUT2D eigenvalue weighted by Gasteiger charge is -2.04. The van der Waals surface area contributed by atoms with Gasteiger partial charge in [-0.2, -0.15) is 0 Å². The van der Waals surface area contributed by atoms with E-state index in [-0.39, 0.29) is 6.61 Å². The molecular formula is C7H8ClNO2. The Balaban J connectivity index is 3.06. The van der Waals surface area contributed by atoms with Gasteiger partial charge in [0, 0.05) is 5.56 Å². The first-order valence-electron chi connectivity index (χ1n) is 3.07. The second-order valence-corrected chi connectivity index (χ2v) is 2.36. The Morgan fingerprint density at radius 3 is 3.00 bits per heavy atom. The zero-order chi connectivity index (χ0) is 8.27. The van der Waals surface area contributed by atoms with Crippen molar-refractivity contribution in [3.05, 3.63) is 23.0 Å². The zero-order valence-corrected chi connectivity index (χ0v) is 6.80. The average molecular weight is 174 g/mol. The number of aromatic nitrogens is 1. The number of methoxy groups -OCH3 is 1. The monoisotopic (exact) mass is 173 g/mol. The molecule has 0 unspecified atom stereocenters. The summed E-state index contributed by atoms with van der Waals surface area (Å²) in [5.74, 6) is 0.553. The molecule has 0 bridgehead atoms. The van der Waals surface area contributed by atoms with Gasteiger partial charge in [-0.3, -0.25) is 0 Å². The van der Waals surface area contributed by atoms with E-state index < -0.39 is 0 Å². The average Bonchev–Trinajstić information content (AvgIpc) is 2.04. The molecule has 4 heteroatoms. The van der Waals surface area contributed by atoms with E-state index in [4.69, 9.17) is 21.4 Å². The van der Waals surface area contributed by atoms with Crippen LogP contribution in [0, 0.1) is 0 Å². The van der Waals surface area contributed by atoms with Crippen molar-refractivity contribution < 1.29 is 9.84 Å². The Hall–Kier alpha value is -0.800. The van der Waals surface area contributed by atoms with Crippen molar-refractivity contribution in [2.24, 2.45) is 0 Å². The van der Waals surface area contributed by atoms with E-state index in [0.29, 0.717) is 16.5 Å². The third kappa shape index (κ3) is 1.82. The largest absolute Gasteiger partial charge is 0.495 e. The van der Waals surface area contributed by atoms with Crippen molar-refractivity contribution >= 4 is 11.6 Å². The topological polar surface area (TPSA) is 42.4 Å². The number of aliphatic hydroxyl groups is 1. The highest BCUT2D eigenvalue weighted by molar-refractivity contribution is 6.29. The van der Waals surface area contributed by atoms with E-state index in [1.165, 1.54) is 13.3 Å². The third-order valence-corrected chi connectivity index (χ3v) is 1.51. The van der Waals surface area contributed by atoms with Gasteiger partial charge in [0.2, 0.25) is 0 Å². The first kappa shape index (κ1) is 8.30. The first-order chi connectivity index (χ1) is 5.27. The number of nitrogens with zero attached hydrogens (tertiary/aromatic N) is 1. The van der Waals surface area contributed by atoms with E-state index in [0.717, 1.165) is 0 Å². The molecule has 1 aromatic heterocycles. The summed E-state index contributed by atoms with van der Waals surface area (Å²) in [5, 5.41) is 9.16. The summed E-state index contributed by atoms with van der Waals surface area (Å²) in [6.45, 7) is -0.0919. The number of aliphatic hydroxyl groups excluding tert-OH is 1. The lowest BCUT2D eigenvalue weighted by molar-refractivity contribution is 0.273. The molecule has 0 amide bonds. The summed E-state index contributed by atoms with van der Waals surface area (Å²) in [6, 6.07) is 1.57. The minimum atomic E-state index is -0.0919. The van der Waals surface area contributed by atoms with E-state index in [9.17, 15) is 0 Å².